The van der Waals surface area contributed by atoms with Gasteiger partial charge in [0.25, 0.3) is 0 Å². The molecular weight excluding hydrogens is 304 g/mol. The molecule has 5 heteroatoms. The van der Waals surface area contributed by atoms with Crippen LogP contribution in [-0.2, 0) is 13.0 Å². The van der Waals surface area contributed by atoms with Crippen LogP contribution >= 0.6 is 22.9 Å². The van der Waals surface area contributed by atoms with Crippen molar-refractivity contribution in [2.24, 2.45) is 0 Å². The lowest BCUT2D eigenvalue weighted by Gasteiger charge is -2.10. The molecule has 0 spiro atoms. The van der Waals surface area contributed by atoms with Crippen LogP contribution in [0.15, 0.2) is 35.7 Å². The van der Waals surface area contributed by atoms with E-state index in [0.717, 1.165) is 35.6 Å². The Morgan fingerprint density at radius 1 is 1.38 bits per heavy atom. The molecule has 1 atom stereocenters. The Hall–Kier alpha value is -1.52. The molecule has 0 amide bonds. The normalized spacial score (nSPS) is 12.7. The topological polar surface area (TPSA) is 27.1 Å². The molecule has 3 rings (SSSR count). The highest BCUT2D eigenvalue weighted by Gasteiger charge is 2.15. The number of methoxy groups -OCH3 is 1. The van der Waals surface area contributed by atoms with E-state index in [4.69, 9.17) is 16.3 Å². The van der Waals surface area contributed by atoms with E-state index in [1.165, 1.54) is 4.88 Å². The van der Waals surface area contributed by atoms with Crippen molar-refractivity contribution in [1.82, 2.24) is 9.55 Å². The van der Waals surface area contributed by atoms with E-state index >= 15 is 0 Å². The quantitative estimate of drug-likeness (QED) is 0.640. The number of thiophene rings is 1. The molecular formula is C16H17ClN2OS. The molecule has 0 saturated carbocycles. The van der Waals surface area contributed by atoms with E-state index in [0.29, 0.717) is 0 Å². The summed E-state index contributed by atoms with van der Waals surface area (Å²) < 4.78 is 7.53. The fourth-order valence-corrected chi connectivity index (χ4v) is 3.33. The van der Waals surface area contributed by atoms with Gasteiger partial charge >= 0.3 is 0 Å². The lowest BCUT2D eigenvalue weighted by atomic mass is 10.3. The summed E-state index contributed by atoms with van der Waals surface area (Å²) in [6, 6.07) is 10.2. The second-order valence-corrected chi connectivity index (χ2v) is 6.61. The summed E-state index contributed by atoms with van der Waals surface area (Å²) in [6.45, 7) is 2.83. The maximum Gasteiger partial charge on any atom is 0.127 e. The van der Waals surface area contributed by atoms with Crippen molar-refractivity contribution in [2.75, 3.05) is 7.11 Å². The number of halogens is 1. The molecule has 2 heterocycles. The van der Waals surface area contributed by atoms with Gasteiger partial charge in [0.2, 0.25) is 0 Å². The molecule has 1 unspecified atom stereocenters. The van der Waals surface area contributed by atoms with Crippen molar-refractivity contribution in [2.45, 2.75) is 25.3 Å². The molecule has 0 saturated heterocycles. The van der Waals surface area contributed by atoms with Crippen molar-refractivity contribution >= 4 is 34.0 Å². The zero-order chi connectivity index (χ0) is 14.8. The molecule has 0 radical (unpaired) electrons. The molecule has 21 heavy (non-hydrogen) atoms. The van der Waals surface area contributed by atoms with Gasteiger partial charge in [-0.25, -0.2) is 4.98 Å². The fraction of sp³-hybridized carbons (Fsp3) is 0.312. The van der Waals surface area contributed by atoms with Gasteiger partial charge in [0, 0.05) is 17.5 Å². The fourth-order valence-electron chi connectivity index (χ4n) is 2.46. The van der Waals surface area contributed by atoms with Crippen LogP contribution in [0.3, 0.4) is 0 Å². The summed E-state index contributed by atoms with van der Waals surface area (Å²) in [7, 11) is 1.68. The molecule has 2 aromatic heterocycles. The predicted molar refractivity (Wildman–Crippen MR) is 88.6 cm³/mol. The lowest BCUT2D eigenvalue weighted by molar-refractivity contribution is 0.415. The van der Waals surface area contributed by atoms with Gasteiger partial charge < -0.3 is 9.30 Å². The first-order chi connectivity index (χ1) is 10.2. The van der Waals surface area contributed by atoms with E-state index in [2.05, 4.69) is 27.1 Å². The second kappa shape index (κ2) is 6.08. The Labute approximate surface area is 133 Å². The molecule has 1 aromatic carbocycles. The van der Waals surface area contributed by atoms with Crippen molar-refractivity contribution < 1.29 is 4.74 Å². The smallest absolute Gasteiger partial charge is 0.127 e. The van der Waals surface area contributed by atoms with Gasteiger partial charge in [0.1, 0.15) is 11.6 Å². The summed E-state index contributed by atoms with van der Waals surface area (Å²) >= 11 is 8.08. The van der Waals surface area contributed by atoms with Gasteiger partial charge in [0.05, 0.1) is 23.5 Å². The van der Waals surface area contributed by atoms with E-state index in [1.54, 1.807) is 18.4 Å². The highest BCUT2D eigenvalue weighted by molar-refractivity contribution is 7.09. The molecule has 0 aliphatic carbocycles. The molecule has 3 nitrogen and oxygen atoms in total. The van der Waals surface area contributed by atoms with Crippen LogP contribution in [0.25, 0.3) is 11.0 Å². The summed E-state index contributed by atoms with van der Waals surface area (Å²) in [4.78, 5) is 6.03. The second-order valence-electron chi connectivity index (χ2n) is 4.92. The monoisotopic (exact) mass is 320 g/mol. The van der Waals surface area contributed by atoms with Crippen LogP contribution in [-0.4, -0.2) is 16.7 Å². The van der Waals surface area contributed by atoms with Gasteiger partial charge in [-0.1, -0.05) is 6.07 Å². The summed E-state index contributed by atoms with van der Waals surface area (Å²) in [5.41, 5.74) is 2.04. The summed E-state index contributed by atoms with van der Waals surface area (Å²) in [5.74, 6) is 1.75. The van der Waals surface area contributed by atoms with Crippen molar-refractivity contribution in [1.29, 1.82) is 0 Å². The maximum atomic E-state index is 6.30. The zero-order valence-electron chi connectivity index (χ0n) is 12.0. The molecule has 0 aliphatic heterocycles. The third-order valence-electron chi connectivity index (χ3n) is 3.50. The van der Waals surface area contributed by atoms with Crippen LogP contribution in [0.1, 0.15) is 23.0 Å². The van der Waals surface area contributed by atoms with Gasteiger partial charge in [-0.15, -0.1) is 22.9 Å². The number of imidazole rings is 1. The highest BCUT2D eigenvalue weighted by Crippen LogP contribution is 2.27. The van der Waals surface area contributed by atoms with Crippen LogP contribution < -0.4 is 4.74 Å². The van der Waals surface area contributed by atoms with Crippen LogP contribution in [0.4, 0.5) is 0 Å². The van der Waals surface area contributed by atoms with E-state index < -0.39 is 0 Å². The third kappa shape index (κ3) is 2.92. The number of aryl methyl sites for hydroxylation is 2. The van der Waals surface area contributed by atoms with Crippen molar-refractivity contribution in [3.8, 4) is 5.75 Å². The molecule has 110 valence electrons. The average Bonchev–Trinajstić information content (AvgIpc) is 3.11. The summed E-state index contributed by atoms with van der Waals surface area (Å²) in [5, 5.41) is 1.99. The van der Waals surface area contributed by atoms with Gasteiger partial charge in [0.15, 0.2) is 0 Å². The average molecular weight is 321 g/mol. The minimum atomic E-state index is -0.119. The zero-order valence-corrected chi connectivity index (χ0v) is 13.6. The van der Waals surface area contributed by atoms with Crippen LogP contribution in [0, 0.1) is 0 Å². The van der Waals surface area contributed by atoms with Gasteiger partial charge in [-0.2, -0.15) is 0 Å². The van der Waals surface area contributed by atoms with E-state index in [-0.39, 0.29) is 5.38 Å². The standard InChI is InChI=1S/C16H17ClN2OS/c1-11(17)16-18-14-6-5-12(20-2)10-15(14)19(16)8-7-13-4-3-9-21-13/h3-6,9-11H,7-8H2,1-2H3. The predicted octanol–water partition coefficient (Wildman–Crippen LogP) is 4.65. The first-order valence-electron chi connectivity index (χ1n) is 6.89. The van der Waals surface area contributed by atoms with Crippen molar-refractivity contribution in [3.05, 3.63) is 46.4 Å². The van der Waals surface area contributed by atoms with Crippen molar-refractivity contribution in [3.63, 3.8) is 0 Å². The van der Waals surface area contributed by atoms with Gasteiger partial charge in [-0.3, -0.25) is 0 Å². The highest BCUT2D eigenvalue weighted by atomic mass is 35.5. The maximum absolute atomic E-state index is 6.30. The number of hydrogen-bond acceptors (Lipinski definition) is 3. The van der Waals surface area contributed by atoms with Crippen LogP contribution in [0.5, 0.6) is 5.75 Å². The molecule has 0 fully saturated rings. The Morgan fingerprint density at radius 3 is 2.90 bits per heavy atom. The number of hydrogen-bond donors (Lipinski definition) is 0. The Bertz CT molecular complexity index is 734. The Kier molecular flexibility index (Phi) is 4.17. The number of aromatic nitrogens is 2. The molecule has 3 aromatic rings. The largest absolute Gasteiger partial charge is 0.497 e. The van der Waals surface area contributed by atoms with Crippen LogP contribution in [0.2, 0.25) is 0 Å². The third-order valence-corrected chi connectivity index (χ3v) is 4.63. The minimum Gasteiger partial charge on any atom is -0.497 e. The number of fused-ring (bicyclic) bond motifs is 1. The number of alkyl halides is 1. The van der Waals surface area contributed by atoms with E-state index in [1.807, 2.05) is 25.1 Å². The first kappa shape index (κ1) is 14.4. The Balaban J connectivity index is 2.01. The SMILES string of the molecule is COc1ccc2nc(C(C)Cl)n(CCc3cccs3)c2c1. The summed E-state index contributed by atoms with van der Waals surface area (Å²) in [6.07, 6.45) is 0.983. The number of nitrogens with zero attached hydrogens (tertiary/aromatic N) is 2. The number of benzene rings is 1. The first-order valence-corrected chi connectivity index (χ1v) is 8.21. The molecule has 0 aliphatic rings. The minimum absolute atomic E-state index is 0.119. The van der Waals surface area contributed by atoms with Gasteiger partial charge in [-0.05, 0) is 36.9 Å². The molecule has 0 N–H and O–H groups in total. The Morgan fingerprint density at radius 2 is 2.24 bits per heavy atom. The lowest BCUT2D eigenvalue weighted by Crippen LogP contribution is -2.06. The van der Waals surface area contributed by atoms with E-state index in [9.17, 15) is 0 Å². The number of ether oxygens (including phenoxy) is 1. The number of rotatable bonds is 5. The molecule has 0 bridgehead atoms.